The van der Waals surface area contributed by atoms with Gasteiger partial charge in [-0.3, -0.25) is 0 Å². The van der Waals surface area contributed by atoms with Crippen LogP contribution in [0.4, 0.5) is 0 Å². The van der Waals surface area contributed by atoms with Crippen molar-refractivity contribution < 1.29 is 0 Å². The van der Waals surface area contributed by atoms with Crippen molar-refractivity contribution in [3.63, 3.8) is 0 Å². The molecule has 22 valence electrons. The Morgan fingerprint density at radius 3 is 2.25 bits per heavy atom. The van der Waals surface area contributed by atoms with Crippen LogP contribution in [0.15, 0.2) is 5.10 Å². The molecule has 2 N–H and O–H groups in total. The van der Waals surface area contributed by atoms with Crippen LogP contribution >= 0.6 is 0 Å². The maximum Gasteiger partial charge on any atom is 0.152 e. The first-order valence-corrected chi connectivity index (χ1v) is 0.975. The van der Waals surface area contributed by atoms with Crippen LogP contribution in [0.3, 0.4) is 0 Å². The Morgan fingerprint density at radius 2 is 2.25 bits per heavy atom. The van der Waals surface area contributed by atoms with Crippen molar-refractivity contribution in [1.29, 1.82) is 0 Å². The Morgan fingerprint density at radius 1 is 2.00 bits per heavy atom. The Balaban J connectivity index is 2.32. The molecule has 0 aromatic carbocycles. The topological polar surface area (TPSA) is 41.4 Å². The summed E-state index contributed by atoms with van der Waals surface area (Å²) in [6, 6.07) is 0. The van der Waals surface area contributed by atoms with Crippen LogP contribution in [-0.4, -0.2) is 11.5 Å². The predicted molar refractivity (Wildman–Crippen MR) is 14.5 cm³/mol. The lowest BCUT2D eigenvalue weighted by molar-refractivity contribution is 0.600. The maximum absolute atomic E-state index is 4.83. The van der Waals surface area contributed by atoms with E-state index in [9.17, 15) is 0 Å². The molecule has 1 aliphatic heterocycles. The summed E-state index contributed by atoms with van der Waals surface area (Å²) in [6.45, 7) is 0. The van der Waals surface area contributed by atoms with Crippen molar-refractivity contribution in [2.75, 3.05) is 0 Å². The molecule has 0 amide bonds. The third-order valence-corrected chi connectivity index (χ3v) is 0.249. The van der Waals surface area contributed by atoms with Gasteiger partial charge in [-0.05, 0) is 0 Å². The van der Waals surface area contributed by atoms with Crippen LogP contribution in [0, 0.1) is 0 Å². The van der Waals surface area contributed by atoms with Gasteiger partial charge in [0.1, 0.15) is 0 Å². The molecular weight excluding hydrogens is 54.0 g/mol. The molecule has 0 radical (unpaired) electrons. The van der Waals surface area contributed by atoms with Crippen LogP contribution < -0.4 is 5.84 Å². The minimum Gasteiger partial charge on any atom is -0.225 e. The van der Waals surface area contributed by atoms with E-state index in [0.29, 0.717) is 0 Å². The normalized spacial score (nSPS) is 17.8. The first-order valence-electron chi connectivity index (χ1n) is 0.975. The van der Waals surface area contributed by atoms with E-state index < -0.39 is 0 Å². The fourth-order valence-electron chi connectivity index (χ4n) is 0.0298. The SMILES string of the molecule is NN1C=N1. The highest BCUT2D eigenvalue weighted by Gasteiger charge is 1.93. The lowest BCUT2D eigenvalue weighted by atomic mass is 11.5. The second-order valence-electron chi connectivity index (χ2n) is 0.611. The standard InChI is InChI=1S/CH3N3/c2-4-1-3-4/h1H,2H2. The summed E-state index contributed by atoms with van der Waals surface area (Å²) in [6.07, 6.45) is 1.53. The highest BCUT2D eigenvalue weighted by Crippen LogP contribution is 1.81. The van der Waals surface area contributed by atoms with Gasteiger partial charge in [-0.2, -0.15) is 5.12 Å². The van der Waals surface area contributed by atoms with E-state index in [1.165, 1.54) is 11.5 Å². The molecule has 3 nitrogen and oxygen atoms in total. The molecule has 0 unspecified atom stereocenters. The smallest absolute Gasteiger partial charge is 0.152 e. The molecular formula is CH3N3. The Labute approximate surface area is 23.7 Å². The number of rotatable bonds is 0. The lowest BCUT2D eigenvalue weighted by Gasteiger charge is -1.70. The summed E-state index contributed by atoms with van der Waals surface area (Å²) in [5.41, 5.74) is 0. The Bertz CT molecular complexity index is 41.2. The molecule has 0 atom stereocenters. The summed E-state index contributed by atoms with van der Waals surface area (Å²) in [5.74, 6) is 4.83. The molecule has 0 saturated heterocycles. The highest BCUT2D eigenvalue weighted by molar-refractivity contribution is 5.63. The Hall–Kier alpha value is -0.570. The summed E-state index contributed by atoms with van der Waals surface area (Å²) < 4.78 is 0. The average molecular weight is 57.1 g/mol. The second kappa shape index (κ2) is 0.253. The summed E-state index contributed by atoms with van der Waals surface area (Å²) in [7, 11) is 0. The van der Waals surface area contributed by atoms with Crippen LogP contribution in [-0.2, 0) is 0 Å². The second-order valence-corrected chi connectivity index (χ2v) is 0.611. The van der Waals surface area contributed by atoms with Gasteiger partial charge in [0.2, 0.25) is 0 Å². The van der Waals surface area contributed by atoms with Crippen molar-refractivity contribution >= 4 is 6.34 Å². The van der Waals surface area contributed by atoms with E-state index in [1.807, 2.05) is 0 Å². The van der Waals surface area contributed by atoms with Crippen LogP contribution in [0.5, 0.6) is 0 Å². The van der Waals surface area contributed by atoms with Gasteiger partial charge in [-0.1, -0.05) is 0 Å². The van der Waals surface area contributed by atoms with Gasteiger partial charge >= 0.3 is 0 Å². The van der Waals surface area contributed by atoms with Crippen molar-refractivity contribution in [3.8, 4) is 0 Å². The minimum atomic E-state index is 1.25. The van der Waals surface area contributed by atoms with E-state index in [2.05, 4.69) is 5.10 Å². The third kappa shape index (κ3) is 0.0448. The van der Waals surface area contributed by atoms with Gasteiger partial charge in [0.05, 0.1) is 0 Å². The molecule has 4 heavy (non-hydrogen) atoms. The van der Waals surface area contributed by atoms with E-state index in [-0.39, 0.29) is 0 Å². The first-order chi connectivity index (χ1) is 1.89. The number of hydrogen-bond acceptors (Lipinski definition) is 3. The number of nitrogens with two attached hydrogens (primary N) is 1. The Kier molecular flexibility index (Phi) is 0.109. The first kappa shape index (κ1) is 1.72. The van der Waals surface area contributed by atoms with Gasteiger partial charge in [0.25, 0.3) is 0 Å². The summed E-state index contributed by atoms with van der Waals surface area (Å²) in [4.78, 5) is 0. The molecule has 1 heterocycles. The molecule has 0 aliphatic carbocycles. The molecule has 3 heteroatoms. The van der Waals surface area contributed by atoms with Crippen molar-refractivity contribution in [2.45, 2.75) is 0 Å². The van der Waals surface area contributed by atoms with Crippen LogP contribution in [0.1, 0.15) is 0 Å². The molecule has 1 rings (SSSR count). The zero-order valence-corrected chi connectivity index (χ0v) is 2.05. The van der Waals surface area contributed by atoms with Gasteiger partial charge in [-0.25, -0.2) is 5.84 Å². The number of hydrogen-bond donors (Lipinski definition) is 1. The van der Waals surface area contributed by atoms with E-state index in [1.54, 1.807) is 0 Å². The molecule has 0 aromatic heterocycles. The molecule has 0 fully saturated rings. The van der Waals surface area contributed by atoms with Gasteiger partial charge in [-0.15, -0.1) is 5.10 Å². The van der Waals surface area contributed by atoms with Gasteiger partial charge in [0.15, 0.2) is 6.34 Å². The molecule has 0 spiro atoms. The quantitative estimate of drug-likeness (QED) is 0.367. The zero-order chi connectivity index (χ0) is 2.99. The number of hydrazine groups is 1. The maximum atomic E-state index is 4.83. The van der Waals surface area contributed by atoms with Crippen LogP contribution in [0.2, 0.25) is 0 Å². The largest absolute Gasteiger partial charge is 0.225 e. The van der Waals surface area contributed by atoms with Crippen molar-refractivity contribution in [1.82, 2.24) is 5.12 Å². The third-order valence-electron chi connectivity index (χ3n) is 0.249. The highest BCUT2D eigenvalue weighted by atomic mass is 15.7. The molecule has 0 aromatic rings. The van der Waals surface area contributed by atoms with Crippen molar-refractivity contribution in [2.24, 2.45) is 10.9 Å². The molecule has 0 bridgehead atoms. The number of hydrazone groups is 1. The minimum absolute atomic E-state index is 1.25. The van der Waals surface area contributed by atoms with Gasteiger partial charge < -0.3 is 0 Å². The monoisotopic (exact) mass is 57.0 g/mol. The van der Waals surface area contributed by atoms with Gasteiger partial charge in [0, 0.05) is 0 Å². The summed E-state index contributed by atoms with van der Waals surface area (Å²) >= 11 is 0. The zero-order valence-electron chi connectivity index (χ0n) is 2.05. The van der Waals surface area contributed by atoms with E-state index in [0.717, 1.165) is 0 Å². The molecule has 1 aliphatic rings. The van der Waals surface area contributed by atoms with Crippen molar-refractivity contribution in [3.05, 3.63) is 0 Å². The van der Waals surface area contributed by atoms with Crippen LogP contribution in [0.25, 0.3) is 0 Å². The molecule has 0 saturated carbocycles. The van der Waals surface area contributed by atoms with E-state index >= 15 is 0 Å². The lowest BCUT2D eigenvalue weighted by Crippen LogP contribution is -2.04. The average Bonchev–Trinajstić information content (AvgIpc) is 1.75. The number of nitrogens with zero attached hydrogens (tertiary/aromatic N) is 2. The fraction of sp³-hybridized carbons (Fsp3) is 0. The fourth-order valence-corrected chi connectivity index (χ4v) is 0.0298. The predicted octanol–water partition coefficient (Wildman–Crippen LogP) is -0.881. The van der Waals surface area contributed by atoms with E-state index in [4.69, 9.17) is 5.84 Å². The summed E-state index contributed by atoms with van der Waals surface area (Å²) in [5, 5.41) is 4.64.